The second-order valence-electron chi connectivity index (χ2n) is 6.96. The van der Waals surface area contributed by atoms with E-state index in [0.29, 0.717) is 11.1 Å². The second kappa shape index (κ2) is 10.6. The topological polar surface area (TPSA) is 54.4 Å². The lowest BCUT2D eigenvalue weighted by molar-refractivity contribution is -0.138. The van der Waals surface area contributed by atoms with E-state index in [1.807, 2.05) is 6.07 Å². The van der Waals surface area contributed by atoms with Crippen LogP contribution in [0.5, 0.6) is 0 Å². The highest BCUT2D eigenvalue weighted by molar-refractivity contribution is 8.14. The molecule has 2 rings (SSSR count). The molecule has 1 N–H and O–H groups in total. The number of hydrogen-bond acceptors (Lipinski definition) is 3. The Morgan fingerprint density at radius 2 is 1.60 bits per heavy atom. The van der Waals surface area contributed by atoms with E-state index in [1.54, 1.807) is 18.2 Å². The average Bonchev–Trinajstić information content (AvgIpc) is 2.60. The van der Waals surface area contributed by atoms with E-state index in [4.69, 9.17) is 0 Å². The molecule has 0 saturated heterocycles. The van der Waals surface area contributed by atoms with Gasteiger partial charge in [-0.2, -0.15) is 0 Å². The van der Waals surface area contributed by atoms with E-state index >= 15 is 0 Å². The zero-order valence-electron chi connectivity index (χ0n) is 15.2. The van der Waals surface area contributed by atoms with Crippen molar-refractivity contribution in [3.05, 3.63) is 35.4 Å². The first kappa shape index (κ1) is 20.0. The van der Waals surface area contributed by atoms with Crippen molar-refractivity contribution in [2.24, 2.45) is 0 Å². The number of rotatable bonds is 11. The Bertz CT molecular complexity index is 570. The first-order chi connectivity index (χ1) is 12.1. The third kappa shape index (κ3) is 5.88. The summed E-state index contributed by atoms with van der Waals surface area (Å²) in [6.45, 7) is 2.23. The largest absolute Gasteiger partial charge is 0.481 e. The minimum Gasteiger partial charge on any atom is -0.481 e. The van der Waals surface area contributed by atoms with Crippen molar-refractivity contribution >= 4 is 22.8 Å². The third-order valence-corrected chi connectivity index (χ3v) is 6.25. The molecule has 0 aliphatic carbocycles. The van der Waals surface area contributed by atoms with Gasteiger partial charge < -0.3 is 5.11 Å². The molecular weight excluding hydrogens is 332 g/mol. The van der Waals surface area contributed by atoms with E-state index in [1.165, 1.54) is 56.7 Å². The molecule has 3 nitrogen and oxygen atoms in total. The van der Waals surface area contributed by atoms with Crippen LogP contribution in [0.25, 0.3) is 0 Å². The molecule has 0 amide bonds. The van der Waals surface area contributed by atoms with Gasteiger partial charge in [0.05, 0.1) is 5.92 Å². The van der Waals surface area contributed by atoms with E-state index in [2.05, 4.69) is 6.92 Å². The monoisotopic (exact) mass is 362 g/mol. The van der Waals surface area contributed by atoms with E-state index in [0.717, 1.165) is 19.3 Å². The molecule has 0 aromatic heterocycles. The highest BCUT2D eigenvalue weighted by atomic mass is 32.2. The Hall–Kier alpha value is -1.29. The Morgan fingerprint density at radius 1 is 1.00 bits per heavy atom. The van der Waals surface area contributed by atoms with Gasteiger partial charge in [0.15, 0.2) is 0 Å². The zero-order chi connectivity index (χ0) is 18.1. The number of hydrogen-bond donors (Lipinski definition) is 1. The summed E-state index contributed by atoms with van der Waals surface area (Å²) < 4.78 is 0. The van der Waals surface area contributed by atoms with Crippen molar-refractivity contribution < 1.29 is 14.7 Å². The summed E-state index contributed by atoms with van der Waals surface area (Å²) >= 11 is 1.22. The van der Waals surface area contributed by atoms with Crippen LogP contribution in [0.3, 0.4) is 0 Å². The lowest BCUT2D eigenvalue weighted by Crippen LogP contribution is -2.30. The van der Waals surface area contributed by atoms with Crippen LogP contribution in [0.2, 0.25) is 0 Å². The SMILES string of the molecule is CCCCCCCCCCC[C@H]1SC(=O)c2ccccc2[C@@H]1C(=O)O. The van der Waals surface area contributed by atoms with Crippen LogP contribution in [0.1, 0.15) is 93.0 Å². The lowest BCUT2D eigenvalue weighted by Gasteiger charge is -2.29. The normalized spacial score (nSPS) is 19.6. The Kier molecular flexibility index (Phi) is 8.53. The molecule has 1 aliphatic heterocycles. The number of carboxylic acids is 1. The standard InChI is InChI=1S/C21H30O3S/c1-2-3-4-5-6-7-8-9-10-15-18-19(20(22)23)16-13-11-12-14-17(16)21(24)25-18/h11-14,18-19H,2-10,15H2,1H3,(H,22,23)/t18-,19+/m1/s1. The van der Waals surface area contributed by atoms with Gasteiger partial charge in [-0.25, -0.2) is 0 Å². The summed E-state index contributed by atoms with van der Waals surface area (Å²) in [5.74, 6) is -1.37. The fourth-order valence-corrected chi connectivity index (χ4v) is 4.87. The summed E-state index contributed by atoms with van der Waals surface area (Å²) in [7, 11) is 0. The molecule has 0 fully saturated rings. The van der Waals surface area contributed by atoms with Crippen molar-refractivity contribution in [2.45, 2.75) is 82.3 Å². The van der Waals surface area contributed by atoms with Gasteiger partial charge in [-0.15, -0.1) is 0 Å². The predicted molar refractivity (Wildman–Crippen MR) is 104 cm³/mol. The summed E-state index contributed by atoms with van der Waals surface area (Å²) in [5, 5.41) is 9.55. The van der Waals surface area contributed by atoms with Crippen molar-refractivity contribution in [1.29, 1.82) is 0 Å². The van der Waals surface area contributed by atoms with Gasteiger partial charge in [-0.3, -0.25) is 9.59 Å². The summed E-state index contributed by atoms with van der Waals surface area (Å²) in [5.41, 5.74) is 1.27. The van der Waals surface area contributed by atoms with Crippen molar-refractivity contribution in [3.63, 3.8) is 0 Å². The molecule has 2 atom stereocenters. The molecule has 0 radical (unpaired) electrons. The predicted octanol–water partition coefficient (Wildman–Crippen LogP) is 6.03. The molecule has 0 bridgehead atoms. The Labute approximate surface area is 155 Å². The minimum atomic E-state index is -0.812. The van der Waals surface area contributed by atoms with E-state index in [-0.39, 0.29) is 10.4 Å². The summed E-state index contributed by atoms with van der Waals surface area (Å²) in [6.07, 6.45) is 12.0. The number of fused-ring (bicyclic) bond motifs is 1. The second-order valence-corrected chi connectivity index (χ2v) is 8.18. The minimum absolute atomic E-state index is 0.0222. The number of carbonyl (C=O) groups is 2. The van der Waals surface area contributed by atoms with Crippen LogP contribution in [-0.4, -0.2) is 21.4 Å². The van der Waals surface area contributed by atoms with Crippen LogP contribution in [0.15, 0.2) is 24.3 Å². The lowest BCUT2D eigenvalue weighted by atomic mass is 9.88. The maximum atomic E-state index is 12.3. The van der Waals surface area contributed by atoms with Gasteiger partial charge in [0.1, 0.15) is 0 Å². The number of thioether (sulfide) groups is 1. The molecular formula is C21H30O3S. The highest BCUT2D eigenvalue weighted by Crippen LogP contribution is 2.41. The van der Waals surface area contributed by atoms with Gasteiger partial charge in [0.25, 0.3) is 0 Å². The maximum Gasteiger partial charge on any atom is 0.312 e. The molecule has 1 heterocycles. The molecule has 0 saturated carbocycles. The first-order valence-electron chi connectivity index (χ1n) is 9.68. The molecule has 138 valence electrons. The number of benzene rings is 1. The Morgan fingerprint density at radius 3 is 2.24 bits per heavy atom. The van der Waals surface area contributed by atoms with Crippen LogP contribution in [-0.2, 0) is 4.79 Å². The fourth-order valence-electron chi connectivity index (χ4n) is 3.60. The van der Waals surface area contributed by atoms with Gasteiger partial charge in [-0.1, -0.05) is 101 Å². The number of carboxylic acid groups (broad SMARTS) is 1. The molecule has 4 heteroatoms. The average molecular weight is 363 g/mol. The van der Waals surface area contributed by atoms with Crippen LogP contribution in [0, 0.1) is 0 Å². The van der Waals surface area contributed by atoms with Gasteiger partial charge in [-0.05, 0) is 12.0 Å². The van der Waals surface area contributed by atoms with Crippen LogP contribution < -0.4 is 0 Å². The van der Waals surface area contributed by atoms with E-state index < -0.39 is 11.9 Å². The molecule has 1 aliphatic rings. The highest BCUT2D eigenvalue weighted by Gasteiger charge is 2.38. The molecule has 0 spiro atoms. The zero-order valence-corrected chi connectivity index (χ0v) is 16.0. The maximum absolute atomic E-state index is 12.3. The quantitative estimate of drug-likeness (QED) is 0.488. The summed E-state index contributed by atoms with van der Waals surface area (Å²) in [6, 6.07) is 7.18. The van der Waals surface area contributed by atoms with E-state index in [9.17, 15) is 14.7 Å². The van der Waals surface area contributed by atoms with Gasteiger partial charge in [0.2, 0.25) is 5.12 Å². The van der Waals surface area contributed by atoms with Crippen molar-refractivity contribution in [3.8, 4) is 0 Å². The number of unbranched alkanes of at least 4 members (excludes halogenated alkanes) is 8. The third-order valence-electron chi connectivity index (χ3n) is 5.00. The van der Waals surface area contributed by atoms with Crippen molar-refractivity contribution in [2.75, 3.05) is 0 Å². The number of aliphatic carboxylic acids is 1. The van der Waals surface area contributed by atoms with Gasteiger partial charge >= 0.3 is 5.97 Å². The smallest absolute Gasteiger partial charge is 0.312 e. The Balaban J connectivity index is 1.78. The summed E-state index contributed by atoms with van der Waals surface area (Å²) in [4.78, 5) is 24.1. The van der Waals surface area contributed by atoms with Crippen molar-refractivity contribution in [1.82, 2.24) is 0 Å². The van der Waals surface area contributed by atoms with Gasteiger partial charge in [0, 0.05) is 10.8 Å². The fraction of sp³-hybridized carbons (Fsp3) is 0.619. The molecule has 1 aromatic rings. The first-order valence-corrected chi connectivity index (χ1v) is 10.6. The van der Waals surface area contributed by atoms with Crippen LogP contribution in [0.4, 0.5) is 0 Å². The molecule has 0 unspecified atom stereocenters. The molecule has 25 heavy (non-hydrogen) atoms. The molecule has 1 aromatic carbocycles. The van der Waals surface area contributed by atoms with Crippen LogP contribution >= 0.6 is 11.8 Å². The number of carbonyl (C=O) groups excluding carboxylic acids is 1.